The Labute approximate surface area is 143 Å². The number of carbonyl (C=O) groups excluding carboxylic acids is 2. The number of nitrogens with one attached hydrogen (secondary N) is 1. The van der Waals surface area contributed by atoms with Crippen molar-refractivity contribution in [2.24, 2.45) is 5.73 Å². The molecular weight excluding hydrogens is 329 g/mol. The smallest absolute Gasteiger partial charge is 0.270 e. The first-order valence-electron chi connectivity index (χ1n) is 7.92. The fourth-order valence-electron chi connectivity index (χ4n) is 3.25. The summed E-state index contributed by atoms with van der Waals surface area (Å²) in [5.74, 6) is -1.23. The van der Waals surface area contributed by atoms with Gasteiger partial charge in [-0.2, -0.15) is 0 Å². The van der Waals surface area contributed by atoms with Crippen LogP contribution in [0.1, 0.15) is 16.9 Å². The highest BCUT2D eigenvalue weighted by molar-refractivity contribution is 5.98. The van der Waals surface area contributed by atoms with Gasteiger partial charge in [-0.1, -0.05) is 12.1 Å². The van der Waals surface area contributed by atoms with E-state index < -0.39 is 17.3 Å². The summed E-state index contributed by atoms with van der Waals surface area (Å²) in [7, 11) is 1.49. The molecule has 25 heavy (non-hydrogen) atoms. The number of amides is 2. The summed E-state index contributed by atoms with van der Waals surface area (Å²) >= 11 is 0. The zero-order valence-electron chi connectivity index (χ0n) is 13.9. The first-order valence-corrected chi connectivity index (χ1v) is 7.92. The fraction of sp³-hybridized carbons (Fsp3) is 0.412. The van der Waals surface area contributed by atoms with Gasteiger partial charge in [0.15, 0.2) is 0 Å². The largest absolute Gasteiger partial charge is 0.382 e. The molecule has 1 aliphatic heterocycles. The second-order valence-electron chi connectivity index (χ2n) is 6.22. The molecule has 1 atom stereocenters. The zero-order chi connectivity index (χ0) is 18.0. The molecule has 0 aliphatic carbocycles. The molecule has 7 nitrogen and oxygen atoms in total. The number of nitrogens with two attached hydrogens (primary N) is 1. The molecule has 0 bridgehead atoms. The summed E-state index contributed by atoms with van der Waals surface area (Å²) in [5, 5.41) is 0.622. The van der Waals surface area contributed by atoms with E-state index in [1.165, 1.54) is 13.2 Å². The Morgan fingerprint density at radius 3 is 2.96 bits per heavy atom. The monoisotopic (exact) mass is 349 g/mol. The van der Waals surface area contributed by atoms with Gasteiger partial charge in [0.25, 0.3) is 5.91 Å². The molecule has 0 radical (unpaired) electrons. The number of primary amides is 1. The van der Waals surface area contributed by atoms with Gasteiger partial charge in [0.05, 0.1) is 31.7 Å². The molecule has 0 unspecified atom stereocenters. The number of para-hydroxylation sites is 1. The number of aromatic amines is 1. The number of morpholine rings is 1. The van der Waals surface area contributed by atoms with Gasteiger partial charge in [-0.25, -0.2) is 4.39 Å². The van der Waals surface area contributed by atoms with Crippen molar-refractivity contribution in [2.75, 3.05) is 33.4 Å². The summed E-state index contributed by atoms with van der Waals surface area (Å²) in [5.41, 5.74) is 4.92. The van der Waals surface area contributed by atoms with E-state index in [-0.39, 0.29) is 37.8 Å². The van der Waals surface area contributed by atoms with E-state index in [0.29, 0.717) is 17.4 Å². The van der Waals surface area contributed by atoms with Crippen molar-refractivity contribution in [3.63, 3.8) is 0 Å². The van der Waals surface area contributed by atoms with E-state index in [4.69, 9.17) is 15.2 Å². The van der Waals surface area contributed by atoms with E-state index in [1.54, 1.807) is 23.1 Å². The number of aromatic nitrogens is 1. The first kappa shape index (κ1) is 17.4. The van der Waals surface area contributed by atoms with Crippen LogP contribution in [0.25, 0.3) is 10.9 Å². The van der Waals surface area contributed by atoms with E-state index >= 15 is 0 Å². The lowest BCUT2D eigenvalue weighted by Gasteiger charge is -2.41. The van der Waals surface area contributed by atoms with Crippen LogP contribution in [0.2, 0.25) is 0 Å². The van der Waals surface area contributed by atoms with Crippen LogP contribution in [0.15, 0.2) is 24.3 Å². The number of rotatable bonds is 5. The average Bonchev–Trinajstić information content (AvgIpc) is 2.99. The van der Waals surface area contributed by atoms with E-state index in [1.807, 2.05) is 0 Å². The summed E-state index contributed by atoms with van der Waals surface area (Å²) in [6.07, 6.45) is -0.0497. The van der Waals surface area contributed by atoms with Gasteiger partial charge in [-0.05, 0) is 12.1 Å². The number of halogens is 1. The van der Waals surface area contributed by atoms with Crippen LogP contribution in [0.4, 0.5) is 4.39 Å². The molecule has 2 heterocycles. The maximum absolute atomic E-state index is 13.8. The number of nitrogens with zero attached hydrogens (tertiary/aromatic N) is 1. The van der Waals surface area contributed by atoms with Crippen LogP contribution >= 0.6 is 0 Å². The van der Waals surface area contributed by atoms with Gasteiger partial charge in [0.2, 0.25) is 5.91 Å². The molecule has 0 spiro atoms. The van der Waals surface area contributed by atoms with Crippen LogP contribution < -0.4 is 5.73 Å². The van der Waals surface area contributed by atoms with Crippen LogP contribution in [0.3, 0.4) is 0 Å². The third-order valence-electron chi connectivity index (χ3n) is 4.28. The molecule has 3 rings (SSSR count). The van der Waals surface area contributed by atoms with E-state index in [2.05, 4.69) is 4.98 Å². The van der Waals surface area contributed by atoms with Gasteiger partial charge in [0.1, 0.15) is 17.1 Å². The quantitative estimate of drug-likeness (QED) is 0.843. The number of methoxy groups -OCH3 is 1. The Balaban J connectivity index is 1.85. The Kier molecular flexibility index (Phi) is 4.73. The van der Waals surface area contributed by atoms with Crippen molar-refractivity contribution in [1.82, 2.24) is 9.88 Å². The first-order chi connectivity index (χ1) is 11.9. The minimum Gasteiger partial charge on any atom is -0.382 e. The van der Waals surface area contributed by atoms with Crippen LogP contribution in [-0.4, -0.2) is 60.7 Å². The molecule has 0 saturated carbocycles. The Bertz CT molecular complexity index is 802. The van der Waals surface area contributed by atoms with Crippen molar-refractivity contribution in [1.29, 1.82) is 0 Å². The normalized spacial score (nSPS) is 20.8. The molecule has 1 aliphatic rings. The van der Waals surface area contributed by atoms with Gasteiger partial charge < -0.3 is 25.1 Å². The summed E-state index contributed by atoms with van der Waals surface area (Å²) < 4.78 is 24.7. The molecule has 2 amide bonds. The van der Waals surface area contributed by atoms with Crippen molar-refractivity contribution in [2.45, 2.75) is 12.0 Å². The molecule has 1 fully saturated rings. The predicted octanol–water partition coefficient (Wildman–Crippen LogP) is 1.04. The molecule has 2 aromatic rings. The molecule has 3 N–H and O–H groups in total. The van der Waals surface area contributed by atoms with Crippen molar-refractivity contribution in [3.05, 3.63) is 35.8 Å². The topological polar surface area (TPSA) is 97.6 Å². The number of benzene rings is 1. The molecule has 1 aromatic carbocycles. The molecular formula is C17H20FN3O4. The predicted molar refractivity (Wildman–Crippen MR) is 88.5 cm³/mol. The minimum atomic E-state index is -0.967. The lowest BCUT2D eigenvalue weighted by molar-refractivity contribution is -0.148. The van der Waals surface area contributed by atoms with Crippen molar-refractivity contribution >= 4 is 22.7 Å². The Morgan fingerprint density at radius 2 is 2.28 bits per heavy atom. The van der Waals surface area contributed by atoms with Gasteiger partial charge in [0, 0.05) is 19.0 Å². The molecule has 134 valence electrons. The van der Waals surface area contributed by atoms with Crippen molar-refractivity contribution < 1.29 is 23.5 Å². The number of hydrogen-bond donors (Lipinski definition) is 2. The second-order valence-corrected chi connectivity index (χ2v) is 6.22. The summed E-state index contributed by atoms with van der Waals surface area (Å²) in [6, 6.07) is 6.26. The highest BCUT2D eigenvalue weighted by Gasteiger charge is 2.40. The molecule has 1 saturated heterocycles. The zero-order valence-corrected chi connectivity index (χ0v) is 13.9. The number of hydrogen-bond acceptors (Lipinski definition) is 4. The number of ether oxygens (including phenoxy) is 2. The second kappa shape index (κ2) is 6.81. The Morgan fingerprint density at radius 1 is 1.48 bits per heavy atom. The van der Waals surface area contributed by atoms with E-state index in [9.17, 15) is 14.0 Å². The van der Waals surface area contributed by atoms with Crippen LogP contribution in [-0.2, 0) is 14.3 Å². The fourth-order valence-corrected chi connectivity index (χ4v) is 3.25. The van der Waals surface area contributed by atoms with E-state index in [0.717, 1.165) is 0 Å². The Hall–Kier alpha value is -2.45. The lowest BCUT2D eigenvalue weighted by atomic mass is 9.97. The number of carbonyl (C=O) groups is 2. The molecule has 1 aromatic heterocycles. The van der Waals surface area contributed by atoms with Gasteiger partial charge >= 0.3 is 0 Å². The third-order valence-corrected chi connectivity index (χ3v) is 4.28. The highest BCUT2D eigenvalue weighted by atomic mass is 19.1. The van der Waals surface area contributed by atoms with Crippen molar-refractivity contribution in [3.8, 4) is 0 Å². The summed E-state index contributed by atoms with van der Waals surface area (Å²) in [6.45, 7) is 0.930. The maximum atomic E-state index is 13.8. The highest BCUT2D eigenvalue weighted by Crippen LogP contribution is 2.25. The maximum Gasteiger partial charge on any atom is 0.270 e. The SMILES string of the molecule is COC[C@@]1(CC(N)=O)CN(C(=O)c2cc3cccc(F)c3[nH]2)CCO1. The van der Waals surface area contributed by atoms with Crippen LogP contribution in [0.5, 0.6) is 0 Å². The number of fused-ring (bicyclic) bond motifs is 1. The number of H-pyrrole nitrogens is 1. The minimum absolute atomic E-state index is 0.0497. The van der Waals surface area contributed by atoms with Gasteiger partial charge in [-0.3, -0.25) is 9.59 Å². The van der Waals surface area contributed by atoms with Gasteiger partial charge in [-0.15, -0.1) is 0 Å². The molecule has 8 heteroatoms. The average molecular weight is 349 g/mol. The summed E-state index contributed by atoms with van der Waals surface area (Å²) in [4.78, 5) is 28.6. The third kappa shape index (κ3) is 3.49. The standard InChI is InChI=1S/C17H20FN3O4/c1-24-10-17(8-14(19)22)9-21(5-6-25-17)16(23)13-7-11-3-2-4-12(18)15(11)20-13/h2-4,7,20H,5-6,8-10H2,1H3,(H2,19,22)/t17-/m1/s1. The van der Waals surface area contributed by atoms with Crippen LogP contribution in [0, 0.1) is 5.82 Å². The lowest BCUT2D eigenvalue weighted by Crippen LogP contribution is -2.57.